The topological polar surface area (TPSA) is 26.3 Å². The van der Waals surface area contributed by atoms with Crippen LogP contribution in [0.1, 0.15) is 37.3 Å². The van der Waals surface area contributed by atoms with Crippen LogP contribution in [0.4, 0.5) is 4.39 Å². The van der Waals surface area contributed by atoms with Gasteiger partial charge in [0.15, 0.2) is 0 Å². The first kappa shape index (κ1) is 12.7. The molecule has 0 heterocycles. The van der Waals surface area contributed by atoms with Crippen molar-refractivity contribution in [1.82, 2.24) is 0 Å². The van der Waals surface area contributed by atoms with E-state index in [0.29, 0.717) is 18.6 Å². The molecule has 1 atom stereocenters. The molecule has 0 aliphatic carbocycles. The van der Waals surface area contributed by atoms with Gasteiger partial charge in [-0.1, -0.05) is 19.1 Å². The molecule has 16 heavy (non-hydrogen) atoms. The van der Waals surface area contributed by atoms with Crippen molar-refractivity contribution in [3.05, 3.63) is 35.1 Å². The van der Waals surface area contributed by atoms with Crippen molar-refractivity contribution >= 4 is 5.97 Å². The van der Waals surface area contributed by atoms with Crippen molar-refractivity contribution < 1.29 is 13.9 Å². The number of hydrogen-bond acceptors (Lipinski definition) is 2. The molecule has 2 nitrogen and oxygen atoms in total. The van der Waals surface area contributed by atoms with Crippen molar-refractivity contribution in [1.29, 1.82) is 0 Å². The maximum Gasteiger partial charge on any atom is 0.313 e. The zero-order valence-electron chi connectivity index (χ0n) is 9.92. The summed E-state index contributed by atoms with van der Waals surface area (Å²) in [7, 11) is 0. The summed E-state index contributed by atoms with van der Waals surface area (Å²) in [5.74, 6) is -0.780. The molecule has 0 spiro atoms. The summed E-state index contributed by atoms with van der Waals surface area (Å²) in [5.41, 5.74) is 1.38. The Labute approximate surface area is 95.4 Å². The molecule has 1 aromatic rings. The molecule has 0 amide bonds. The lowest BCUT2D eigenvalue weighted by Crippen LogP contribution is -2.15. The van der Waals surface area contributed by atoms with Crippen LogP contribution in [0.2, 0.25) is 0 Å². The van der Waals surface area contributed by atoms with Crippen LogP contribution in [-0.2, 0) is 9.53 Å². The standard InChI is InChI=1S/C13H17FO2/c1-4-11(13(15)16-5-2)10-6-7-12(14)9(3)8-10/h6-8,11H,4-5H2,1-3H3. The van der Waals surface area contributed by atoms with E-state index in [0.717, 1.165) is 5.56 Å². The first-order valence-electron chi connectivity index (χ1n) is 5.52. The molecule has 1 aromatic carbocycles. The predicted octanol–water partition coefficient (Wildman–Crippen LogP) is 3.19. The van der Waals surface area contributed by atoms with Crippen molar-refractivity contribution in [3.63, 3.8) is 0 Å². The van der Waals surface area contributed by atoms with Gasteiger partial charge in [0.1, 0.15) is 5.82 Å². The Bertz CT molecular complexity index is 374. The Morgan fingerprint density at radius 3 is 2.62 bits per heavy atom. The smallest absolute Gasteiger partial charge is 0.313 e. The van der Waals surface area contributed by atoms with Gasteiger partial charge in [-0.25, -0.2) is 4.39 Å². The number of carbonyl (C=O) groups is 1. The van der Waals surface area contributed by atoms with E-state index in [4.69, 9.17) is 4.74 Å². The molecule has 0 bridgehead atoms. The van der Waals surface area contributed by atoms with Crippen molar-refractivity contribution in [2.75, 3.05) is 6.61 Å². The van der Waals surface area contributed by atoms with Crippen LogP contribution in [0.3, 0.4) is 0 Å². The van der Waals surface area contributed by atoms with E-state index in [-0.39, 0.29) is 17.7 Å². The minimum atomic E-state index is -0.292. The van der Waals surface area contributed by atoms with Gasteiger partial charge in [0.2, 0.25) is 0 Å². The van der Waals surface area contributed by atoms with E-state index in [1.54, 1.807) is 26.0 Å². The largest absolute Gasteiger partial charge is 0.466 e. The summed E-state index contributed by atoms with van der Waals surface area (Å²) in [5, 5.41) is 0. The number of aryl methyl sites for hydroxylation is 1. The summed E-state index contributed by atoms with van der Waals surface area (Å²) in [6, 6.07) is 4.75. The predicted molar refractivity (Wildman–Crippen MR) is 60.8 cm³/mol. The molecule has 0 saturated carbocycles. The molecule has 88 valence electrons. The third-order valence-electron chi connectivity index (χ3n) is 2.56. The minimum absolute atomic E-state index is 0.240. The molecular weight excluding hydrogens is 207 g/mol. The number of benzene rings is 1. The van der Waals surface area contributed by atoms with Gasteiger partial charge < -0.3 is 4.74 Å². The number of halogens is 1. The fourth-order valence-corrected chi connectivity index (χ4v) is 1.67. The van der Waals surface area contributed by atoms with Gasteiger partial charge in [0.25, 0.3) is 0 Å². The summed E-state index contributed by atoms with van der Waals surface area (Å²) in [4.78, 5) is 11.7. The number of esters is 1. The van der Waals surface area contributed by atoms with Gasteiger partial charge in [-0.05, 0) is 37.5 Å². The Balaban J connectivity index is 2.95. The third-order valence-corrected chi connectivity index (χ3v) is 2.56. The SMILES string of the molecule is CCOC(=O)C(CC)c1ccc(F)c(C)c1. The van der Waals surface area contributed by atoms with Crippen LogP contribution >= 0.6 is 0 Å². The molecule has 1 rings (SSSR count). The first-order chi connectivity index (χ1) is 7.60. The third kappa shape index (κ3) is 2.81. The van der Waals surface area contributed by atoms with Gasteiger partial charge in [-0.15, -0.1) is 0 Å². The lowest BCUT2D eigenvalue weighted by molar-refractivity contribution is -0.145. The second kappa shape index (κ2) is 5.64. The number of rotatable bonds is 4. The van der Waals surface area contributed by atoms with Crippen molar-refractivity contribution in [3.8, 4) is 0 Å². The van der Waals surface area contributed by atoms with Crippen molar-refractivity contribution in [2.24, 2.45) is 0 Å². The van der Waals surface area contributed by atoms with Gasteiger partial charge in [-0.2, -0.15) is 0 Å². The second-order valence-electron chi connectivity index (χ2n) is 3.72. The molecular formula is C13H17FO2. The maximum absolute atomic E-state index is 13.1. The molecule has 0 aliphatic rings. The summed E-state index contributed by atoms with van der Waals surface area (Å²) in [6.07, 6.45) is 0.657. The Hall–Kier alpha value is -1.38. The molecule has 0 radical (unpaired) electrons. The maximum atomic E-state index is 13.1. The Morgan fingerprint density at radius 1 is 1.44 bits per heavy atom. The highest BCUT2D eigenvalue weighted by Crippen LogP contribution is 2.23. The fraction of sp³-hybridized carbons (Fsp3) is 0.462. The first-order valence-corrected chi connectivity index (χ1v) is 5.52. The highest BCUT2D eigenvalue weighted by Gasteiger charge is 2.20. The van der Waals surface area contributed by atoms with Crippen molar-refractivity contribution in [2.45, 2.75) is 33.1 Å². The quantitative estimate of drug-likeness (QED) is 0.734. The average molecular weight is 224 g/mol. The van der Waals surface area contributed by atoms with Crippen LogP contribution in [0.25, 0.3) is 0 Å². The van der Waals surface area contributed by atoms with E-state index in [1.807, 2.05) is 6.92 Å². The molecule has 0 saturated heterocycles. The van der Waals surface area contributed by atoms with Crippen LogP contribution in [0.15, 0.2) is 18.2 Å². The van der Waals surface area contributed by atoms with E-state index in [1.165, 1.54) is 6.07 Å². The van der Waals surface area contributed by atoms with Crippen LogP contribution in [0.5, 0.6) is 0 Å². The normalized spacial score (nSPS) is 12.2. The van der Waals surface area contributed by atoms with Gasteiger partial charge in [0, 0.05) is 0 Å². The minimum Gasteiger partial charge on any atom is -0.466 e. The van der Waals surface area contributed by atoms with Crippen LogP contribution in [-0.4, -0.2) is 12.6 Å². The average Bonchev–Trinajstić information content (AvgIpc) is 2.25. The van der Waals surface area contributed by atoms with E-state index in [9.17, 15) is 9.18 Å². The summed E-state index contributed by atoms with van der Waals surface area (Å²) >= 11 is 0. The summed E-state index contributed by atoms with van der Waals surface area (Å²) in [6.45, 7) is 5.76. The van der Waals surface area contributed by atoms with Gasteiger partial charge in [0.05, 0.1) is 12.5 Å². The lowest BCUT2D eigenvalue weighted by Gasteiger charge is -2.14. The van der Waals surface area contributed by atoms with E-state index < -0.39 is 0 Å². The van der Waals surface area contributed by atoms with Crippen LogP contribution in [0, 0.1) is 12.7 Å². The molecule has 1 unspecified atom stereocenters. The highest BCUT2D eigenvalue weighted by molar-refractivity contribution is 5.78. The summed E-state index contributed by atoms with van der Waals surface area (Å²) < 4.78 is 18.1. The molecule has 0 aliphatic heterocycles. The van der Waals surface area contributed by atoms with Gasteiger partial charge in [-0.3, -0.25) is 4.79 Å². The number of hydrogen-bond donors (Lipinski definition) is 0. The van der Waals surface area contributed by atoms with Crippen LogP contribution < -0.4 is 0 Å². The monoisotopic (exact) mass is 224 g/mol. The Morgan fingerprint density at radius 2 is 2.12 bits per heavy atom. The van der Waals surface area contributed by atoms with E-state index >= 15 is 0 Å². The van der Waals surface area contributed by atoms with E-state index in [2.05, 4.69) is 0 Å². The zero-order valence-corrected chi connectivity index (χ0v) is 9.92. The van der Waals surface area contributed by atoms with Gasteiger partial charge >= 0.3 is 5.97 Å². The molecule has 0 N–H and O–H groups in total. The highest BCUT2D eigenvalue weighted by atomic mass is 19.1. The molecule has 0 aromatic heterocycles. The molecule has 0 fully saturated rings. The molecule has 3 heteroatoms. The fourth-order valence-electron chi connectivity index (χ4n) is 1.67. The Kier molecular flexibility index (Phi) is 4.47. The number of carbonyl (C=O) groups excluding carboxylic acids is 1. The lowest BCUT2D eigenvalue weighted by atomic mass is 9.95. The second-order valence-corrected chi connectivity index (χ2v) is 3.72. The zero-order chi connectivity index (χ0) is 12.1. The number of ether oxygens (including phenoxy) is 1.